The Hall–Kier alpha value is -2.94. The predicted molar refractivity (Wildman–Crippen MR) is 95.6 cm³/mol. The van der Waals surface area contributed by atoms with Gasteiger partial charge in [-0.3, -0.25) is 0 Å². The van der Waals surface area contributed by atoms with Gasteiger partial charge in [0.15, 0.2) is 11.5 Å². The molecule has 0 radical (unpaired) electrons. The summed E-state index contributed by atoms with van der Waals surface area (Å²) in [5, 5.41) is 19.0. The molecule has 24 heavy (non-hydrogen) atoms. The van der Waals surface area contributed by atoms with Crippen LogP contribution in [0.2, 0.25) is 0 Å². The number of hydrogen-bond acceptors (Lipinski definition) is 3. The number of aryl methyl sites for hydroxylation is 2. The van der Waals surface area contributed by atoms with Crippen molar-refractivity contribution in [1.82, 2.24) is 0 Å². The van der Waals surface area contributed by atoms with Gasteiger partial charge >= 0.3 is 0 Å². The zero-order valence-corrected chi connectivity index (χ0v) is 13.6. The lowest BCUT2D eigenvalue weighted by Gasteiger charge is -2.08. The summed E-state index contributed by atoms with van der Waals surface area (Å²) >= 11 is 0. The van der Waals surface area contributed by atoms with E-state index in [2.05, 4.69) is 24.3 Å². The van der Waals surface area contributed by atoms with Gasteiger partial charge in [-0.1, -0.05) is 42.5 Å². The van der Waals surface area contributed by atoms with E-state index >= 15 is 0 Å². The van der Waals surface area contributed by atoms with Crippen LogP contribution in [0.4, 0.5) is 0 Å². The highest BCUT2D eigenvalue weighted by Gasteiger charge is 2.04. The molecule has 3 heteroatoms. The highest BCUT2D eigenvalue weighted by molar-refractivity contribution is 5.64. The molecular formula is C21H20O3. The Morgan fingerprint density at radius 3 is 1.88 bits per heavy atom. The summed E-state index contributed by atoms with van der Waals surface area (Å²) in [6.07, 6.45) is 1.80. The van der Waals surface area contributed by atoms with E-state index in [-0.39, 0.29) is 11.5 Å². The van der Waals surface area contributed by atoms with Crippen LogP contribution in [0.25, 0.3) is 11.1 Å². The third kappa shape index (κ3) is 3.69. The van der Waals surface area contributed by atoms with Crippen molar-refractivity contribution in [1.29, 1.82) is 0 Å². The molecule has 122 valence electrons. The molecule has 0 spiro atoms. The predicted octanol–water partition coefficient (Wildman–Crippen LogP) is 4.56. The maximum absolute atomic E-state index is 9.64. The Bertz CT molecular complexity index is 805. The van der Waals surface area contributed by atoms with E-state index in [0.717, 1.165) is 29.5 Å². The number of phenolic OH excluding ortho intramolecular Hbond substituents is 2. The fourth-order valence-electron chi connectivity index (χ4n) is 2.68. The number of methoxy groups -OCH3 is 1. The summed E-state index contributed by atoms with van der Waals surface area (Å²) in [5.74, 6) is 0.953. The van der Waals surface area contributed by atoms with Crippen LogP contribution in [0.15, 0.2) is 66.7 Å². The van der Waals surface area contributed by atoms with Gasteiger partial charge in [0.25, 0.3) is 0 Å². The fourth-order valence-corrected chi connectivity index (χ4v) is 2.68. The van der Waals surface area contributed by atoms with Crippen molar-refractivity contribution < 1.29 is 14.9 Å². The molecule has 2 N–H and O–H groups in total. The van der Waals surface area contributed by atoms with Crippen LogP contribution in [-0.4, -0.2) is 17.3 Å². The summed E-state index contributed by atoms with van der Waals surface area (Å²) < 4.78 is 5.14. The van der Waals surface area contributed by atoms with E-state index in [4.69, 9.17) is 4.74 Å². The number of rotatable bonds is 5. The molecule has 0 aromatic heterocycles. The second kappa shape index (κ2) is 7.09. The molecule has 3 aromatic carbocycles. The summed E-state index contributed by atoms with van der Waals surface area (Å²) in [7, 11) is 1.56. The Labute approximate surface area is 141 Å². The molecule has 0 aliphatic carbocycles. The zero-order chi connectivity index (χ0) is 16.9. The van der Waals surface area contributed by atoms with Crippen LogP contribution >= 0.6 is 0 Å². The molecule has 0 saturated heterocycles. The van der Waals surface area contributed by atoms with Crippen molar-refractivity contribution in [3.8, 4) is 28.4 Å². The van der Waals surface area contributed by atoms with Crippen LogP contribution in [-0.2, 0) is 12.8 Å². The first-order valence-corrected chi connectivity index (χ1v) is 7.90. The minimum absolute atomic E-state index is 0.166. The van der Waals surface area contributed by atoms with E-state index in [9.17, 15) is 10.2 Å². The van der Waals surface area contributed by atoms with Crippen LogP contribution < -0.4 is 4.74 Å². The first kappa shape index (κ1) is 15.9. The van der Waals surface area contributed by atoms with Gasteiger partial charge in [-0.25, -0.2) is 0 Å². The molecule has 0 unspecified atom stereocenters. The monoisotopic (exact) mass is 320 g/mol. The normalized spacial score (nSPS) is 10.5. The third-order valence-corrected chi connectivity index (χ3v) is 4.10. The lowest BCUT2D eigenvalue weighted by atomic mass is 10.00. The van der Waals surface area contributed by atoms with Gasteiger partial charge < -0.3 is 14.9 Å². The second-order valence-electron chi connectivity index (χ2n) is 5.75. The quantitative estimate of drug-likeness (QED) is 0.724. The largest absolute Gasteiger partial charge is 0.508 e. The van der Waals surface area contributed by atoms with Gasteiger partial charge in [-0.15, -0.1) is 0 Å². The second-order valence-corrected chi connectivity index (χ2v) is 5.75. The maximum Gasteiger partial charge on any atom is 0.160 e. The van der Waals surface area contributed by atoms with Crippen molar-refractivity contribution in [2.24, 2.45) is 0 Å². The van der Waals surface area contributed by atoms with Crippen LogP contribution in [0.5, 0.6) is 17.2 Å². The molecule has 0 atom stereocenters. The molecular weight excluding hydrogens is 300 g/mol. The molecule has 0 saturated carbocycles. The number of ether oxygens (including phenoxy) is 1. The van der Waals surface area contributed by atoms with Gasteiger partial charge in [0.1, 0.15) is 5.75 Å². The Morgan fingerprint density at radius 1 is 0.708 bits per heavy atom. The first-order chi connectivity index (χ1) is 11.7. The van der Waals surface area contributed by atoms with E-state index in [1.54, 1.807) is 25.3 Å². The molecule has 0 aliphatic heterocycles. The van der Waals surface area contributed by atoms with Gasteiger partial charge in [-0.2, -0.15) is 0 Å². The molecule has 3 aromatic rings. The maximum atomic E-state index is 9.64. The topological polar surface area (TPSA) is 49.7 Å². The smallest absolute Gasteiger partial charge is 0.160 e. The third-order valence-electron chi connectivity index (χ3n) is 4.10. The highest BCUT2D eigenvalue weighted by atomic mass is 16.5. The van der Waals surface area contributed by atoms with Gasteiger partial charge in [0.05, 0.1) is 7.11 Å². The summed E-state index contributed by atoms with van der Waals surface area (Å²) in [6, 6.07) is 21.1. The number of aromatic hydroxyl groups is 2. The van der Waals surface area contributed by atoms with Crippen molar-refractivity contribution in [2.75, 3.05) is 7.11 Å². The average molecular weight is 320 g/mol. The summed E-state index contributed by atoms with van der Waals surface area (Å²) in [6.45, 7) is 0. The molecule has 0 bridgehead atoms. The van der Waals surface area contributed by atoms with Crippen molar-refractivity contribution in [2.45, 2.75) is 12.8 Å². The van der Waals surface area contributed by atoms with Crippen LogP contribution in [0.1, 0.15) is 11.1 Å². The zero-order valence-electron chi connectivity index (χ0n) is 13.6. The summed E-state index contributed by atoms with van der Waals surface area (Å²) in [4.78, 5) is 0. The number of hydrogen-bond donors (Lipinski definition) is 2. The van der Waals surface area contributed by atoms with Crippen molar-refractivity contribution in [3.05, 3.63) is 77.9 Å². The lowest BCUT2D eigenvalue weighted by Crippen LogP contribution is -1.93. The molecule has 0 amide bonds. The Balaban J connectivity index is 1.67. The molecule has 3 rings (SSSR count). The highest BCUT2D eigenvalue weighted by Crippen LogP contribution is 2.27. The standard InChI is InChI=1S/C21H20O3/c1-24-21-14-16(6-13-20(21)23)3-2-15-4-7-17(8-5-15)18-9-11-19(22)12-10-18/h4-14,22-23H,2-3H2,1H3. The van der Waals surface area contributed by atoms with E-state index in [1.807, 2.05) is 24.3 Å². The van der Waals surface area contributed by atoms with E-state index < -0.39 is 0 Å². The fraction of sp³-hybridized carbons (Fsp3) is 0.143. The van der Waals surface area contributed by atoms with Gasteiger partial charge in [0.2, 0.25) is 0 Å². The average Bonchev–Trinajstić information content (AvgIpc) is 2.62. The SMILES string of the molecule is COc1cc(CCc2ccc(-c3ccc(O)cc3)cc2)ccc1O. The van der Waals surface area contributed by atoms with E-state index in [1.165, 1.54) is 5.56 Å². The minimum Gasteiger partial charge on any atom is -0.508 e. The first-order valence-electron chi connectivity index (χ1n) is 7.90. The Kier molecular flexibility index (Phi) is 4.71. The van der Waals surface area contributed by atoms with Gasteiger partial charge in [-0.05, 0) is 59.4 Å². The molecule has 0 heterocycles. The number of phenols is 2. The van der Waals surface area contributed by atoms with E-state index in [0.29, 0.717) is 5.75 Å². The Morgan fingerprint density at radius 2 is 1.25 bits per heavy atom. The summed E-state index contributed by atoms with van der Waals surface area (Å²) in [5.41, 5.74) is 4.60. The molecule has 0 fully saturated rings. The van der Waals surface area contributed by atoms with Crippen molar-refractivity contribution >= 4 is 0 Å². The molecule has 3 nitrogen and oxygen atoms in total. The lowest BCUT2D eigenvalue weighted by molar-refractivity contribution is 0.373. The van der Waals surface area contributed by atoms with Gasteiger partial charge in [0, 0.05) is 0 Å². The van der Waals surface area contributed by atoms with Crippen LogP contribution in [0, 0.1) is 0 Å². The molecule has 0 aliphatic rings. The number of benzene rings is 3. The minimum atomic E-state index is 0.166. The van der Waals surface area contributed by atoms with Crippen molar-refractivity contribution in [3.63, 3.8) is 0 Å². The van der Waals surface area contributed by atoms with Crippen LogP contribution in [0.3, 0.4) is 0 Å².